The van der Waals surface area contributed by atoms with Gasteiger partial charge in [0.2, 0.25) is 5.13 Å². The lowest BCUT2D eigenvalue weighted by Gasteiger charge is -2.17. The molecule has 0 atom stereocenters. The third-order valence-electron chi connectivity index (χ3n) is 2.19. The van der Waals surface area contributed by atoms with Gasteiger partial charge in [0.25, 0.3) is 0 Å². The summed E-state index contributed by atoms with van der Waals surface area (Å²) in [6.45, 7) is 5.35. The first-order chi connectivity index (χ1) is 8.42. The molecule has 7 nitrogen and oxygen atoms in total. The van der Waals surface area contributed by atoms with Gasteiger partial charge in [-0.3, -0.25) is 0 Å². The van der Waals surface area contributed by atoms with Crippen molar-refractivity contribution in [3.8, 4) is 0 Å². The van der Waals surface area contributed by atoms with E-state index in [1.165, 1.54) is 9.82 Å². The second-order valence-corrected chi connectivity index (χ2v) is 6.75. The predicted octanol–water partition coefficient (Wildman–Crippen LogP) is 0.515. The molecule has 0 saturated carbocycles. The second-order valence-electron chi connectivity index (χ2n) is 4.13. The van der Waals surface area contributed by atoms with Gasteiger partial charge in [-0.2, -0.15) is 12.7 Å². The number of hydrogen-bond donors (Lipinski definition) is 2. The van der Waals surface area contributed by atoms with Crippen molar-refractivity contribution in [1.82, 2.24) is 19.8 Å². The molecule has 0 aliphatic carbocycles. The van der Waals surface area contributed by atoms with Crippen LogP contribution in [0.1, 0.15) is 20.3 Å². The maximum atomic E-state index is 11.9. The number of nitrogens with zero attached hydrogens (tertiary/aromatic N) is 3. The smallest absolute Gasteiger partial charge is 0.303 e. The van der Waals surface area contributed by atoms with Crippen molar-refractivity contribution in [2.45, 2.75) is 26.3 Å². The van der Waals surface area contributed by atoms with Crippen molar-refractivity contribution in [3.63, 3.8) is 0 Å². The summed E-state index contributed by atoms with van der Waals surface area (Å²) in [5.41, 5.74) is 1.48. The molecule has 0 saturated heterocycles. The van der Waals surface area contributed by atoms with Gasteiger partial charge in [0.1, 0.15) is 5.51 Å². The quantitative estimate of drug-likeness (QED) is 0.682. The first kappa shape index (κ1) is 15.3. The number of nitrogens with one attached hydrogen (secondary N) is 2. The largest absolute Gasteiger partial charge is 0.314 e. The Morgan fingerprint density at radius 1 is 1.50 bits per heavy atom. The molecule has 0 radical (unpaired) electrons. The van der Waals surface area contributed by atoms with E-state index < -0.39 is 10.2 Å². The minimum absolute atomic E-state index is 0.280. The van der Waals surface area contributed by atoms with Crippen LogP contribution >= 0.6 is 11.3 Å². The van der Waals surface area contributed by atoms with Crippen molar-refractivity contribution in [2.75, 3.05) is 24.9 Å². The molecule has 0 aliphatic heterocycles. The zero-order chi connectivity index (χ0) is 13.6. The molecule has 0 amide bonds. The van der Waals surface area contributed by atoms with E-state index in [4.69, 9.17) is 0 Å². The molecule has 0 aromatic carbocycles. The minimum atomic E-state index is -3.52. The molecule has 18 heavy (non-hydrogen) atoms. The number of rotatable bonds is 8. The van der Waals surface area contributed by atoms with Crippen LogP contribution in [0.3, 0.4) is 0 Å². The first-order valence-corrected chi connectivity index (χ1v) is 7.97. The standard InChI is InChI=1S/C9H19N5O2S2/c1-8(2)10-5-4-6-14(3)18(15,16)13-9-12-11-7-17-9/h7-8,10H,4-6H2,1-3H3,(H,12,13). The summed E-state index contributed by atoms with van der Waals surface area (Å²) in [4.78, 5) is 0. The van der Waals surface area contributed by atoms with E-state index in [2.05, 4.69) is 34.1 Å². The van der Waals surface area contributed by atoms with Gasteiger partial charge < -0.3 is 5.32 Å². The lowest BCUT2D eigenvalue weighted by molar-refractivity contribution is 0.451. The molecular formula is C9H19N5O2S2. The molecule has 0 aliphatic rings. The van der Waals surface area contributed by atoms with E-state index in [1.807, 2.05) is 0 Å². The molecule has 0 unspecified atom stereocenters. The van der Waals surface area contributed by atoms with Gasteiger partial charge in [-0.25, -0.2) is 4.72 Å². The van der Waals surface area contributed by atoms with Crippen molar-refractivity contribution in [3.05, 3.63) is 5.51 Å². The van der Waals surface area contributed by atoms with Crippen LogP contribution in [0.4, 0.5) is 5.13 Å². The Bertz CT molecular complexity index is 432. The Kier molecular flexibility index (Phi) is 5.93. The Morgan fingerprint density at radius 2 is 2.22 bits per heavy atom. The summed E-state index contributed by atoms with van der Waals surface area (Å²) in [5.74, 6) is 0. The molecule has 9 heteroatoms. The molecule has 1 aromatic rings. The number of anilines is 1. The summed E-state index contributed by atoms with van der Waals surface area (Å²) in [6, 6.07) is 0.409. The van der Waals surface area contributed by atoms with E-state index in [9.17, 15) is 8.42 Å². The van der Waals surface area contributed by atoms with Crippen molar-refractivity contribution >= 4 is 26.7 Å². The lowest BCUT2D eigenvalue weighted by atomic mass is 10.3. The maximum absolute atomic E-state index is 11.9. The summed E-state index contributed by atoms with van der Waals surface area (Å²) in [7, 11) is -1.98. The summed E-state index contributed by atoms with van der Waals surface area (Å²) < 4.78 is 27.4. The van der Waals surface area contributed by atoms with Crippen LogP contribution < -0.4 is 10.0 Å². The van der Waals surface area contributed by atoms with Crippen LogP contribution in [0.2, 0.25) is 0 Å². The monoisotopic (exact) mass is 293 g/mol. The fourth-order valence-electron chi connectivity index (χ4n) is 1.22. The van der Waals surface area contributed by atoms with Crippen molar-refractivity contribution in [1.29, 1.82) is 0 Å². The zero-order valence-corrected chi connectivity index (χ0v) is 12.4. The third kappa shape index (κ3) is 5.25. The Morgan fingerprint density at radius 3 is 2.78 bits per heavy atom. The highest BCUT2D eigenvalue weighted by Crippen LogP contribution is 2.11. The molecule has 2 N–H and O–H groups in total. The van der Waals surface area contributed by atoms with Gasteiger partial charge in [0.15, 0.2) is 0 Å². The van der Waals surface area contributed by atoms with Gasteiger partial charge in [0.05, 0.1) is 0 Å². The van der Waals surface area contributed by atoms with E-state index in [0.29, 0.717) is 12.6 Å². The Hall–Kier alpha value is -0.770. The van der Waals surface area contributed by atoms with Crippen molar-refractivity contribution in [2.24, 2.45) is 0 Å². The zero-order valence-electron chi connectivity index (χ0n) is 10.8. The molecule has 0 bridgehead atoms. The fourth-order valence-corrected chi connectivity index (χ4v) is 2.80. The highest BCUT2D eigenvalue weighted by atomic mass is 32.2. The average molecular weight is 293 g/mol. The molecule has 0 spiro atoms. The lowest BCUT2D eigenvalue weighted by Crippen LogP contribution is -2.35. The normalized spacial score (nSPS) is 12.3. The SMILES string of the molecule is CC(C)NCCCN(C)S(=O)(=O)Nc1nncs1. The third-order valence-corrected chi connectivity index (χ3v) is 4.38. The molecular weight excluding hydrogens is 274 g/mol. The van der Waals surface area contributed by atoms with Crippen molar-refractivity contribution < 1.29 is 8.42 Å². The number of aromatic nitrogens is 2. The first-order valence-electron chi connectivity index (χ1n) is 5.65. The van der Waals surface area contributed by atoms with E-state index in [-0.39, 0.29) is 5.13 Å². The van der Waals surface area contributed by atoms with Crippen LogP contribution in [0, 0.1) is 0 Å². The van der Waals surface area contributed by atoms with Crippen LogP contribution in [0.25, 0.3) is 0 Å². The second kappa shape index (κ2) is 6.98. The summed E-state index contributed by atoms with van der Waals surface area (Å²) in [6.07, 6.45) is 0.756. The van der Waals surface area contributed by atoms with Gasteiger partial charge in [-0.1, -0.05) is 25.2 Å². The molecule has 1 rings (SSSR count). The Labute approximate surface area is 112 Å². The molecule has 1 heterocycles. The minimum Gasteiger partial charge on any atom is -0.314 e. The van der Waals surface area contributed by atoms with E-state index >= 15 is 0 Å². The van der Waals surface area contributed by atoms with Gasteiger partial charge in [0, 0.05) is 19.6 Å². The maximum Gasteiger partial charge on any atom is 0.303 e. The van der Waals surface area contributed by atoms with Crippen LogP contribution in [0.15, 0.2) is 5.51 Å². The predicted molar refractivity (Wildman–Crippen MR) is 72.8 cm³/mol. The topological polar surface area (TPSA) is 87.2 Å². The highest BCUT2D eigenvalue weighted by molar-refractivity contribution is 7.90. The van der Waals surface area contributed by atoms with Crippen LogP contribution in [-0.2, 0) is 10.2 Å². The highest BCUT2D eigenvalue weighted by Gasteiger charge is 2.18. The molecule has 104 valence electrons. The van der Waals surface area contributed by atoms with Crippen LogP contribution in [0.5, 0.6) is 0 Å². The molecule has 0 fully saturated rings. The summed E-state index contributed by atoms with van der Waals surface area (Å²) >= 11 is 1.15. The average Bonchev–Trinajstić information content (AvgIpc) is 2.75. The fraction of sp³-hybridized carbons (Fsp3) is 0.778. The number of hydrogen-bond acceptors (Lipinski definition) is 6. The summed E-state index contributed by atoms with van der Waals surface area (Å²) in [5, 5.41) is 10.7. The van der Waals surface area contributed by atoms with E-state index in [0.717, 1.165) is 24.3 Å². The van der Waals surface area contributed by atoms with Gasteiger partial charge >= 0.3 is 10.2 Å². The molecule has 1 aromatic heterocycles. The van der Waals surface area contributed by atoms with E-state index in [1.54, 1.807) is 7.05 Å². The van der Waals surface area contributed by atoms with Gasteiger partial charge in [-0.05, 0) is 13.0 Å². The Balaban J connectivity index is 2.37. The van der Waals surface area contributed by atoms with Crippen LogP contribution in [-0.4, -0.2) is 49.1 Å². The van der Waals surface area contributed by atoms with Gasteiger partial charge in [-0.15, -0.1) is 10.2 Å².